The van der Waals surface area contributed by atoms with Crippen LogP contribution in [0.2, 0.25) is 0 Å². The molecule has 2 nitrogen and oxygen atoms in total. The quantitative estimate of drug-likeness (QED) is 0.709. The Labute approximate surface area is 165 Å². The summed E-state index contributed by atoms with van der Waals surface area (Å²) < 4.78 is 0. The van der Waals surface area contributed by atoms with Gasteiger partial charge < -0.3 is 10.4 Å². The summed E-state index contributed by atoms with van der Waals surface area (Å²) in [6, 6.07) is 22.2. The predicted octanol–water partition coefficient (Wildman–Crippen LogP) is 5.02. The Morgan fingerprint density at radius 3 is 1.93 bits per heavy atom. The summed E-state index contributed by atoms with van der Waals surface area (Å²) in [6.07, 6.45) is 5.30. The number of unbranched alkanes of at least 4 members (excludes halogenated alkanes) is 1. The first kappa shape index (κ1) is 20.1. The molecule has 2 aromatic rings. The molecule has 1 aliphatic rings. The van der Waals surface area contributed by atoms with Crippen LogP contribution in [0.25, 0.3) is 0 Å². The van der Waals surface area contributed by atoms with Gasteiger partial charge in [-0.25, -0.2) is 0 Å². The van der Waals surface area contributed by atoms with Crippen molar-refractivity contribution in [3.8, 4) is 0 Å². The molecular formula is C25H36NO+. The summed E-state index contributed by atoms with van der Waals surface area (Å²) in [5, 5.41) is 14.6. The lowest BCUT2D eigenvalue weighted by molar-refractivity contribution is -0.765. The van der Waals surface area contributed by atoms with Gasteiger partial charge in [0.25, 0.3) is 0 Å². The summed E-state index contributed by atoms with van der Waals surface area (Å²) >= 11 is 0. The molecule has 0 aromatic heterocycles. The minimum Gasteiger partial charge on any atom is -0.389 e. The molecule has 2 heteroatoms. The number of piperidine rings is 1. The third-order valence-electron chi connectivity index (χ3n) is 6.72. The second-order valence-corrected chi connectivity index (χ2v) is 8.34. The second kappa shape index (κ2) is 9.03. The second-order valence-electron chi connectivity index (χ2n) is 8.34. The molecule has 1 aliphatic heterocycles. The van der Waals surface area contributed by atoms with Crippen LogP contribution < -0.4 is 5.32 Å². The first-order valence-electron chi connectivity index (χ1n) is 10.8. The van der Waals surface area contributed by atoms with Crippen molar-refractivity contribution < 1.29 is 10.4 Å². The minimum atomic E-state index is -0.623. The first-order chi connectivity index (χ1) is 13.1. The van der Waals surface area contributed by atoms with E-state index < -0.39 is 5.60 Å². The Kier molecular flexibility index (Phi) is 6.73. The smallest absolute Gasteiger partial charge is 0.118 e. The fourth-order valence-electron chi connectivity index (χ4n) is 5.19. The molecule has 1 saturated heterocycles. The molecule has 146 valence electrons. The number of hydrogen-bond donors (Lipinski definition) is 2. The Morgan fingerprint density at radius 1 is 0.852 bits per heavy atom. The molecule has 1 fully saturated rings. The zero-order valence-electron chi connectivity index (χ0n) is 17.1. The van der Waals surface area contributed by atoms with Crippen molar-refractivity contribution in [3.63, 3.8) is 0 Å². The summed E-state index contributed by atoms with van der Waals surface area (Å²) in [5.74, 6) is 0.509. The molecule has 0 aliphatic carbocycles. The summed E-state index contributed by atoms with van der Waals surface area (Å²) in [5.41, 5.74) is 2.05. The molecule has 0 spiro atoms. The molecule has 3 rings (SSSR count). The van der Waals surface area contributed by atoms with Gasteiger partial charge in [0, 0.05) is 23.0 Å². The van der Waals surface area contributed by atoms with Crippen LogP contribution >= 0.6 is 0 Å². The third-order valence-corrected chi connectivity index (χ3v) is 6.72. The third kappa shape index (κ3) is 4.12. The van der Waals surface area contributed by atoms with E-state index in [1.54, 1.807) is 0 Å². The molecular weight excluding hydrogens is 330 g/mol. The van der Waals surface area contributed by atoms with E-state index in [0.717, 1.165) is 32.1 Å². The predicted molar refractivity (Wildman–Crippen MR) is 112 cm³/mol. The summed E-state index contributed by atoms with van der Waals surface area (Å²) in [7, 11) is 0. The van der Waals surface area contributed by atoms with Crippen LogP contribution in [0.3, 0.4) is 0 Å². The zero-order valence-corrected chi connectivity index (χ0v) is 17.1. The van der Waals surface area contributed by atoms with Crippen molar-refractivity contribution in [2.45, 2.75) is 70.6 Å². The highest BCUT2D eigenvalue weighted by atomic mass is 16.3. The highest BCUT2D eigenvalue weighted by Gasteiger charge is 2.54. The van der Waals surface area contributed by atoms with Gasteiger partial charge in [0.2, 0.25) is 0 Å². The maximum absolute atomic E-state index is 12.1. The summed E-state index contributed by atoms with van der Waals surface area (Å²) in [6.45, 7) is 6.74. The van der Waals surface area contributed by atoms with E-state index in [-0.39, 0.29) is 17.9 Å². The van der Waals surface area contributed by atoms with Crippen LogP contribution in [0.4, 0.5) is 0 Å². The fraction of sp³-hybridized carbons (Fsp3) is 0.520. The van der Waals surface area contributed by atoms with Crippen molar-refractivity contribution in [3.05, 3.63) is 71.8 Å². The van der Waals surface area contributed by atoms with E-state index in [4.69, 9.17) is 0 Å². The van der Waals surface area contributed by atoms with Crippen LogP contribution in [0.1, 0.15) is 76.1 Å². The average molecular weight is 367 g/mol. The zero-order chi connectivity index (χ0) is 19.3. The molecule has 27 heavy (non-hydrogen) atoms. The number of rotatable bonds is 7. The van der Waals surface area contributed by atoms with Gasteiger partial charge >= 0.3 is 0 Å². The molecule has 0 radical (unpaired) electrons. The maximum atomic E-state index is 12.1. The number of hydrogen-bond acceptors (Lipinski definition) is 1. The molecule has 0 unspecified atom stereocenters. The number of aliphatic hydroxyl groups is 1. The molecule has 2 aromatic carbocycles. The van der Waals surface area contributed by atoms with E-state index in [1.807, 2.05) is 0 Å². The lowest BCUT2D eigenvalue weighted by Crippen LogP contribution is -2.93. The Hall–Kier alpha value is -1.64. The Morgan fingerprint density at radius 2 is 1.41 bits per heavy atom. The molecule has 3 N–H and O–H groups in total. The van der Waals surface area contributed by atoms with Crippen LogP contribution in [0.5, 0.6) is 0 Å². The van der Waals surface area contributed by atoms with Gasteiger partial charge in [-0.15, -0.1) is 0 Å². The lowest BCUT2D eigenvalue weighted by Gasteiger charge is -2.51. The van der Waals surface area contributed by atoms with E-state index in [1.165, 1.54) is 11.1 Å². The van der Waals surface area contributed by atoms with Crippen LogP contribution in [0, 0.1) is 11.8 Å². The lowest BCUT2D eigenvalue weighted by atomic mass is 9.62. The minimum absolute atomic E-state index is 0.225. The first-order valence-corrected chi connectivity index (χ1v) is 10.8. The monoisotopic (exact) mass is 366 g/mol. The highest BCUT2D eigenvalue weighted by Crippen LogP contribution is 2.47. The molecule has 0 bridgehead atoms. The van der Waals surface area contributed by atoms with Gasteiger partial charge in [-0.2, -0.15) is 0 Å². The van der Waals surface area contributed by atoms with Crippen molar-refractivity contribution in [1.29, 1.82) is 0 Å². The van der Waals surface area contributed by atoms with Gasteiger partial charge in [-0.05, 0) is 12.8 Å². The van der Waals surface area contributed by atoms with Crippen LogP contribution in [0.15, 0.2) is 60.7 Å². The van der Waals surface area contributed by atoms with Crippen LogP contribution in [-0.2, 0) is 0 Å². The van der Waals surface area contributed by atoms with Crippen molar-refractivity contribution in [2.75, 3.05) is 0 Å². The van der Waals surface area contributed by atoms with Gasteiger partial charge in [0.1, 0.15) is 12.1 Å². The highest BCUT2D eigenvalue weighted by molar-refractivity contribution is 5.24. The fourth-order valence-corrected chi connectivity index (χ4v) is 5.19. The average Bonchev–Trinajstić information content (AvgIpc) is 2.72. The Balaban J connectivity index is 2.05. The van der Waals surface area contributed by atoms with Gasteiger partial charge in [-0.1, -0.05) is 101 Å². The molecule has 5 atom stereocenters. The number of benzene rings is 2. The molecule has 1 heterocycles. The van der Waals surface area contributed by atoms with E-state index in [2.05, 4.69) is 86.8 Å². The van der Waals surface area contributed by atoms with E-state index >= 15 is 0 Å². The van der Waals surface area contributed by atoms with Crippen molar-refractivity contribution >= 4 is 0 Å². The topological polar surface area (TPSA) is 36.8 Å². The van der Waals surface area contributed by atoms with Gasteiger partial charge in [-0.3, -0.25) is 0 Å². The van der Waals surface area contributed by atoms with E-state index in [0.29, 0.717) is 6.04 Å². The van der Waals surface area contributed by atoms with Crippen LogP contribution in [-0.4, -0.2) is 10.7 Å². The largest absolute Gasteiger partial charge is 0.389 e. The SMILES string of the molecule is CCCC[C@@]1(O)[C@H](C)[C@H](c2ccccc2)[NH2+][C@H](c2ccccc2)[C@@H]1CCC. The normalized spacial score (nSPS) is 31.0. The van der Waals surface area contributed by atoms with Crippen molar-refractivity contribution in [2.24, 2.45) is 11.8 Å². The number of nitrogens with two attached hydrogens (primary N) is 1. The van der Waals surface area contributed by atoms with Gasteiger partial charge in [0.15, 0.2) is 0 Å². The number of quaternary nitrogens is 1. The molecule has 0 saturated carbocycles. The van der Waals surface area contributed by atoms with E-state index in [9.17, 15) is 5.11 Å². The standard InChI is InChI=1S/C25H35NO/c1-4-6-18-25(27)19(3)23(20-14-9-7-10-15-20)26-24(22(25)13-5-2)21-16-11-8-12-17-21/h7-12,14-17,19,22-24,26-27H,4-6,13,18H2,1-3H3/p+1/t19-,22+,23-,24-,25-/m1/s1. The Bertz CT molecular complexity index is 686. The maximum Gasteiger partial charge on any atom is 0.118 e. The summed E-state index contributed by atoms with van der Waals surface area (Å²) in [4.78, 5) is 0. The molecule has 0 amide bonds. The van der Waals surface area contributed by atoms with Gasteiger partial charge in [0.05, 0.1) is 5.60 Å². The van der Waals surface area contributed by atoms with Crippen molar-refractivity contribution in [1.82, 2.24) is 0 Å².